The van der Waals surface area contributed by atoms with Gasteiger partial charge < -0.3 is 5.73 Å². The van der Waals surface area contributed by atoms with Crippen molar-refractivity contribution in [2.45, 2.75) is 6.92 Å². The number of nitrogens with two attached hydrogens (primary N) is 1. The van der Waals surface area contributed by atoms with Crippen LogP contribution in [0.3, 0.4) is 0 Å². The predicted molar refractivity (Wildman–Crippen MR) is 84.9 cm³/mol. The van der Waals surface area contributed by atoms with Crippen molar-refractivity contribution in [3.63, 3.8) is 0 Å². The van der Waals surface area contributed by atoms with Gasteiger partial charge >= 0.3 is 0 Å². The number of benzene rings is 1. The molecule has 3 aromatic rings. The first kappa shape index (κ1) is 13.5. The van der Waals surface area contributed by atoms with Crippen molar-refractivity contribution >= 4 is 17.4 Å². The van der Waals surface area contributed by atoms with Crippen LogP contribution in [-0.4, -0.2) is 15.0 Å². The molecule has 0 spiro atoms. The SMILES string of the molecule is Cc1c(N)nc(-c2ccc(Cl)cn2)nc1-c1ccccc1. The normalized spacial score (nSPS) is 10.6. The highest BCUT2D eigenvalue weighted by molar-refractivity contribution is 6.30. The average Bonchev–Trinajstić information content (AvgIpc) is 2.51. The number of pyridine rings is 1. The molecule has 0 amide bonds. The molecule has 0 aliphatic carbocycles. The van der Waals surface area contributed by atoms with Gasteiger partial charge in [-0.15, -0.1) is 0 Å². The van der Waals surface area contributed by atoms with Crippen LogP contribution in [0.4, 0.5) is 5.82 Å². The molecule has 2 heterocycles. The van der Waals surface area contributed by atoms with E-state index < -0.39 is 0 Å². The van der Waals surface area contributed by atoms with Crippen molar-refractivity contribution in [1.29, 1.82) is 0 Å². The molecule has 1 aromatic carbocycles. The average molecular weight is 297 g/mol. The number of nitrogen functional groups attached to an aromatic ring is 1. The molecule has 21 heavy (non-hydrogen) atoms. The van der Waals surface area contributed by atoms with Crippen LogP contribution in [0.15, 0.2) is 48.7 Å². The molecule has 0 atom stereocenters. The van der Waals surface area contributed by atoms with E-state index in [-0.39, 0.29) is 0 Å². The molecule has 0 bridgehead atoms. The van der Waals surface area contributed by atoms with Crippen molar-refractivity contribution in [2.75, 3.05) is 5.73 Å². The Bertz CT molecular complexity index is 770. The highest BCUT2D eigenvalue weighted by Crippen LogP contribution is 2.27. The number of halogens is 1. The molecular weight excluding hydrogens is 284 g/mol. The monoisotopic (exact) mass is 296 g/mol. The van der Waals surface area contributed by atoms with Gasteiger partial charge in [-0.3, -0.25) is 4.98 Å². The number of nitrogens with zero attached hydrogens (tertiary/aromatic N) is 3. The molecule has 3 rings (SSSR count). The minimum absolute atomic E-state index is 0.454. The van der Waals surface area contributed by atoms with Gasteiger partial charge in [0.25, 0.3) is 0 Å². The number of hydrogen-bond acceptors (Lipinski definition) is 4. The van der Waals surface area contributed by atoms with Crippen LogP contribution >= 0.6 is 11.6 Å². The van der Waals surface area contributed by atoms with E-state index >= 15 is 0 Å². The van der Waals surface area contributed by atoms with Crippen LogP contribution in [0.1, 0.15) is 5.56 Å². The summed E-state index contributed by atoms with van der Waals surface area (Å²) in [7, 11) is 0. The third-order valence-corrected chi connectivity index (χ3v) is 3.41. The first-order valence-corrected chi connectivity index (χ1v) is 6.84. The summed E-state index contributed by atoms with van der Waals surface area (Å²) in [5.41, 5.74) is 9.34. The standard InChI is InChI=1S/C16H13ClN4/c1-10-14(11-5-3-2-4-6-11)20-16(21-15(10)18)13-8-7-12(17)9-19-13/h2-9H,1H3,(H2,18,20,21). The van der Waals surface area contributed by atoms with E-state index in [4.69, 9.17) is 17.3 Å². The van der Waals surface area contributed by atoms with Crippen molar-refractivity contribution in [3.05, 3.63) is 59.2 Å². The van der Waals surface area contributed by atoms with Gasteiger partial charge in [-0.2, -0.15) is 0 Å². The first-order valence-electron chi connectivity index (χ1n) is 6.46. The molecule has 0 aliphatic heterocycles. The van der Waals surface area contributed by atoms with Gasteiger partial charge in [0.1, 0.15) is 11.5 Å². The van der Waals surface area contributed by atoms with E-state index in [9.17, 15) is 0 Å². The van der Waals surface area contributed by atoms with Gasteiger partial charge in [-0.1, -0.05) is 41.9 Å². The maximum absolute atomic E-state index is 6.02. The minimum Gasteiger partial charge on any atom is -0.383 e. The van der Waals surface area contributed by atoms with E-state index in [1.54, 1.807) is 18.3 Å². The number of rotatable bonds is 2. The number of hydrogen-bond donors (Lipinski definition) is 1. The van der Waals surface area contributed by atoms with Crippen molar-refractivity contribution < 1.29 is 0 Å². The topological polar surface area (TPSA) is 64.7 Å². The van der Waals surface area contributed by atoms with Crippen LogP contribution in [-0.2, 0) is 0 Å². The molecule has 104 valence electrons. The second-order valence-electron chi connectivity index (χ2n) is 4.63. The quantitative estimate of drug-likeness (QED) is 0.782. The Labute approximate surface area is 127 Å². The highest BCUT2D eigenvalue weighted by Gasteiger charge is 2.12. The van der Waals surface area contributed by atoms with Gasteiger partial charge in [0, 0.05) is 17.3 Å². The Morgan fingerprint density at radius 1 is 1.00 bits per heavy atom. The summed E-state index contributed by atoms with van der Waals surface area (Å²) < 4.78 is 0. The minimum atomic E-state index is 0.454. The zero-order valence-electron chi connectivity index (χ0n) is 11.4. The lowest BCUT2D eigenvalue weighted by Crippen LogP contribution is -2.03. The van der Waals surface area contributed by atoms with Gasteiger partial charge in [-0.05, 0) is 19.1 Å². The molecule has 2 N–H and O–H groups in total. The molecule has 4 nitrogen and oxygen atoms in total. The number of aromatic nitrogens is 3. The van der Waals surface area contributed by atoms with Crippen molar-refractivity contribution in [1.82, 2.24) is 15.0 Å². The lowest BCUT2D eigenvalue weighted by atomic mass is 10.1. The Morgan fingerprint density at radius 3 is 2.43 bits per heavy atom. The Morgan fingerprint density at radius 2 is 1.76 bits per heavy atom. The van der Waals surface area contributed by atoms with E-state index in [1.807, 2.05) is 37.3 Å². The van der Waals surface area contributed by atoms with E-state index in [1.165, 1.54) is 0 Å². The highest BCUT2D eigenvalue weighted by atomic mass is 35.5. The Hall–Kier alpha value is -2.46. The van der Waals surface area contributed by atoms with Gasteiger partial charge in [0.15, 0.2) is 5.82 Å². The van der Waals surface area contributed by atoms with E-state index in [0.717, 1.165) is 16.8 Å². The van der Waals surface area contributed by atoms with Gasteiger partial charge in [0.05, 0.1) is 10.7 Å². The van der Waals surface area contributed by atoms with Crippen LogP contribution in [0.5, 0.6) is 0 Å². The maximum Gasteiger partial charge on any atom is 0.180 e. The predicted octanol–water partition coefficient (Wildman–Crippen LogP) is 3.75. The summed E-state index contributed by atoms with van der Waals surface area (Å²) in [6, 6.07) is 13.4. The van der Waals surface area contributed by atoms with Crippen molar-refractivity contribution in [3.8, 4) is 22.8 Å². The third kappa shape index (κ3) is 2.71. The zero-order valence-corrected chi connectivity index (χ0v) is 12.2. The third-order valence-electron chi connectivity index (χ3n) is 3.19. The fraction of sp³-hybridized carbons (Fsp3) is 0.0625. The summed E-state index contributed by atoms with van der Waals surface area (Å²) in [6.07, 6.45) is 1.57. The molecular formula is C16H13ClN4. The van der Waals surface area contributed by atoms with Gasteiger partial charge in [0.2, 0.25) is 0 Å². The van der Waals surface area contributed by atoms with E-state index in [0.29, 0.717) is 22.4 Å². The molecule has 0 saturated heterocycles. The number of anilines is 1. The fourth-order valence-electron chi connectivity index (χ4n) is 2.03. The van der Waals surface area contributed by atoms with E-state index in [2.05, 4.69) is 15.0 Å². The Balaban J connectivity index is 2.16. The molecule has 0 aliphatic rings. The summed E-state index contributed by atoms with van der Waals surface area (Å²) in [5.74, 6) is 0.948. The zero-order chi connectivity index (χ0) is 14.8. The molecule has 0 radical (unpaired) electrons. The van der Waals surface area contributed by atoms with Gasteiger partial charge in [-0.25, -0.2) is 9.97 Å². The van der Waals surface area contributed by atoms with Crippen LogP contribution < -0.4 is 5.73 Å². The summed E-state index contributed by atoms with van der Waals surface area (Å²) in [6.45, 7) is 1.91. The summed E-state index contributed by atoms with van der Waals surface area (Å²) in [5, 5.41) is 0.571. The summed E-state index contributed by atoms with van der Waals surface area (Å²) >= 11 is 5.85. The molecule has 2 aromatic heterocycles. The lowest BCUT2D eigenvalue weighted by Gasteiger charge is -2.10. The van der Waals surface area contributed by atoms with Crippen LogP contribution in [0.2, 0.25) is 5.02 Å². The smallest absolute Gasteiger partial charge is 0.180 e. The summed E-state index contributed by atoms with van der Waals surface area (Å²) in [4.78, 5) is 13.2. The second kappa shape index (κ2) is 5.50. The molecule has 0 fully saturated rings. The fourth-order valence-corrected chi connectivity index (χ4v) is 2.15. The van der Waals surface area contributed by atoms with Crippen molar-refractivity contribution in [2.24, 2.45) is 0 Å². The first-order chi connectivity index (χ1) is 10.1. The maximum atomic E-state index is 6.02. The Kier molecular flexibility index (Phi) is 3.54. The molecule has 0 saturated carbocycles. The second-order valence-corrected chi connectivity index (χ2v) is 5.07. The van der Waals surface area contributed by atoms with Crippen LogP contribution in [0.25, 0.3) is 22.8 Å². The molecule has 5 heteroatoms. The largest absolute Gasteiger partial charge is 0.383 e. The molecule has 0 unspecified atom stereocenters. The van der Waals surface area contributed by atoms with Crippen LogP contribution in [0, 0.1) is 6.92 Å². The lowest BCUT2D eigenvalue weighted by molar-refractivity contribution is 1.12.